The molecule has 0 spiro atoms. The zero-order valence-electron chi connectivity index (χ0n) is 12.2. The number of aromatic amines is 1. The fraction of sp³-hybridized carbons (Fsp3) is 0.385. The van der Waals surface area contributed by atoms with E-state index in [1.165, 1.54) is 10.9 Å². The normalized spacial score (nSPS) is 15.2. The van der Waals surface area contributed by atoms with Crippen LogP contribution in [-0.4, -0.2) is 41.7 Å². The largest absolute Gasteiger partial charge is 0.493 e. The number of H-pyrrole nitrogens is 1. The zero-order chi connectivity index (χ0) is 15.5. The molecule has 21 heavy (non-hydrogen) atoms. The van der Waals surface area contributed by atoms with E-state index in [-0.39, 0.29) is 6.73 Å². The summed E-state index contributed by atoms with van der Waals surface area (Å²) in [7, 11) is -0.321. The van der Waals surface area contributed by atoms with Crippen LogP contribution in [-0.2, 0) is 20.1 Å². The van der Waals surface area contributed by atoms with Gasteiger partial charge in [-0.2, -0.15) is 0 Å². The molecule has 2 aromatic rings. The van der Waals surface area contributed by atoms with Crippen LogP contribution in [0.3, 0.4) is 0 Å². The van der Waals surface area contributed by atoms with Gasteiger partial charge in [0.25, 0.3) is 0 Å². The molecule has 0 bridgehead atoms. The minimum Gasteiger partial charge on any atom is -0.361 e. The highest BCUT2D eigenvalue weighted by molar-refractivity contribution is 7.47. The minimum absolute atomic E-state index is 0.0351. The van der Waals surface area contributed by atoms with Crippen LogP contribution in [0.5, 0.6) is 0 Å². The molecular weight excluding hydrogens is 293 g/mol. The Hall–Kier alpha value is -1.21. The van der Waals surface area contributed by atoms with Crippen LogP contribution < -0.4 is 5.90 Å². The quantitative estimate of drug-likeness (QED) is 0.313. The van der Waals surface area contributed by atoms with Crippen molar-refractivity contribution in [1.29, 1.82) is 0 Å². The number of quaternary nitrogens is 1. The maximum Gasteiger partial charge on any atom is 0.493 e. The third-order valence-corrected chi connectivity index (χ3v) is 4.07. The number of hydrogen-bond acceptors (Lipinski definition) is 4. The van der Waals surface area contributed by atoms with E-state index in [1.807, 2.05) is 38.5 Å². The van der Waals surface area contributed by atoms with E-state index < -0.39 is 7.82 Å². The summed E-state index contributed by atoms with van der Waals surface area (Å²) in [5.74, 6) is 4.70. The van der Waals surface area contributed by atoms with Gasteiger partial charge in [-0.15, -0.1) is 0 Å². The molecule has 4 N–H and O–H groups in total. The van der Waals surface area contributed by atoms with Crippen molar-refractivity contribution in [3.8, 4) is 0 Å². The number of phosphoric ester groups is 1. The van der Waals surface area contributed by atoms with E-state index in [1.54, 1.807) is 0 Å². The molecule has 1 atom stereocenters. The summed E-state index contributed by atoms with van der Waals surface area (Å²) < 4.78 is 20.4. The maximum absolute atomic E-state index is 11.2. The second-order valence-corrected chi connectivity index (χ2v) is 7.01. The summed E-state index contributed by atoms with van der Waals surface area (Å²) in [5.41, 5.74) is 2.31. The van der Waals surface area contributed by atoms with Gasteiger partial charge in [-0.3, -0.25) is 0 Å². The first-order valence-corrected chi connectivity index (χ1v) is 8.05. The Labute approximate surface area is 123 Å². The molecule has 0 aliphatic heterocycles. The predicted octanol–water partition coefficient (Wildman–Crippen LogP) is 1.75. The molecule has 0 radical (unpaired) electrons. The van der Waals surface area contributed by atoms with E-state index >= 15 is 0 Å². The van der Waals surface area contributed by atoms with Gasteiger partial charge >= 0.3 is 7.82 Å². The molecule has 0 aliphatic carbocycles. The average Bonchev–Trinajstić information content (AvgIpc) is 2.87. The van der Waals surface area contributed by atoms with E-state index in [0.29, 0.717) is 4.48 Å². The molecule has 1 aromatic carbocycles. The first-order valence-electron chi connectivity index (χ1n) is 6.56. The fourth-order valence-corrected chi connectivity index (χ4v) is 2.61. The summed E-state index contributed by atoms with van der Waals surface area (Å²) in [6.45, 7) is 0.778. The van der Waals surface area contributed by atoms with Crippen LogP contribution in [0.4, 0.5) is 0 Å². The van der Waals surface area contributed by atoms with Crippen LogP contribution in [0.2, 0.25) is 0 Å². The van der Waals surface area contributed by atoms with Gasteiger partial charge < -0.3 is 14.4 Å². The van der Waals surface area contributed by atoms with Gasteiger partial charge in [0.2, 0.25) is 0 Å². The second-order valence-electron chi connectivity index (χ2n) is 5.60. The molecular formula is C13H21N3O4P+. The summed E-state index contributed by atoms with van der Waals surface area (Å²) in [5, 5.41) is 1.19. The minimum atomic E-state index is -4.14. The summed E-state index contributed by atoms with van der Waals surface area (Å²) in [4.78, 5) is 12.4. The lowest BCUT2D eigenvalue weighted by Gasteiger charge is -2.29. The van der Waals surface area contributed by atoms with Crippen LogP contribution in [0.1, 0.15) is 5.56 Å². The molecule has 1 heterocycles. The van der Waals surface area contributed by atoms with Crippen molar-refractivity contribution < 1.29 is 23.1 Å². The highest BCUT2D eigenvalue weighted by Gasteiger charge is 2.26. The zero-order valence-corrected chi connectivity index (χ0v) is 13.0. The molecule has 1 unspecified atom stereocenters. The van der Waals surface area contributed by atoms with Gasteiger partial charge in [0.1, 0.15) is 0 Å². The van der Waals surface area contributed by atoms with E-state index in [0.717, 1.165) is 18.5 Å². The molecule has 116 valence electrons. The number of phosphoric acid groups is 1. The Morgan fingerprint density at radius 3 is 2.81 bits per heavy atom. The van der Waals surface area contributed by atoms with Gasteiger partial charge in [0.05, 0.1) is 20.6 Å². The van der Waals surface area contributed by atoms with Crippen molar-refractivity contribution in [2.45, 2.75) is 6.42 Å². The second kappa shape index (κ2) is 6.27. The predicted molar refractivity (Wildman–Crippen MR) is 80.0 cm³/mol. The van der Waals surface area contributed by atoms with Crippen LogP contribution in [0.25, 0.3) is 10.9 Å². The number of nitrogens with one attached hydrogen (secondary N) is 1. The van der Waals surface area contributed by atoms with Crippen molar-refractivity contribution in [2.75, 3.05) is 27.4 Å². The third-order valence-electron chi connectivity index (χ3n) is 3.36. The van der Waals surface area contributed by atoms with Crippen molar-refractivity contribution in [3.05, 3.63) is 36.0 Å². The summed E-state index contributed by atoms with van der Waals surface area (Å²) >= 11 is 0. The SMILES string of the molecule is C[N+](C)(CCc1c[nH]c2ccccc12)COP(=O)(O)ON. The van der Waals surface area contributed by atoms with Crippen molar-refractivity contribution in [3.63, 3.8) is 0 Å². The Bertz CT molecular complexity index is 656. The number of aromatic nitrogens is 1. The van der Waals surface area contributed by atoms with Crippen molar-refractivity contribution >= 4 is 18.7 Å². The van der Waals surface area contributed by atoms with E-state index in [4.69, 9.17) is 15.3 Å². The van der Waals surface area contributed by atoms with E-state index in [2.05, 4.69) is 15.7 Å². The molecule has 0 fully saturated rings. The molecule has 0 saturated heterocycles. The smallest absolute Gasteiger partial charge is 0.361 e. The Morgan fingerprint density at radius 2 is 2.10 bits per heavy atom. The number of nitrogens with zero attached hydrogens (tertiary/aromatic N) is 1. The number of nitrogens with two attached hydrogens (primary N) is 1. The van der Waals surface area contributed by atoms with Crippen LogP contribution >= 0.6 is 7.82 Å². The number of likely N-dealkylation sites (N-methyl/N-ethyl adjacent to an activating group) is 1. The lowest BCUT2D eigenvalue weighted by atomic mass is 10.1. The standard InChI is InChI=1S/C13H20N3O4P/c1-16(2,10-19-21(17,18)20-14)8-7-11-9-15-13-6-4-3-5-12(11)13/h3-6,9,15H,7-8,10,14H2,1-2H3/p+1. The van der Waals surface area contributed by atoms with Gasteiger partial charge in [-0.1, -0.05) is 18.2 Å². The molecule has 0 amide bonds. The highest BCUT2D eigenvalue weighted by Crippen LogP contribution is 2.41. The van der Waals surface area contributed by atoms with Gasteiger partial charge in [-0.25, -0.2) is 19.6 Å². The molecule has 1 aromatic heterocycles. The number of hydrogen-bond donors (Lipinski definition) is 3. The van der Waals surface area contributed by atoms with Gasteiger partial charge in [-0.05, 0) is 11.6 Å². The third kappa shape index (κ3) is 4.38. The monoisotopic (exact) mass is 314 g/mol. The molecule has 0 saturated carbocycles. The highest BCUT2D eigenvalue weighted by atomic mass is 31.2. The van der Waals surface area contributed by atoms with Crippen molar-refractivity contribution in [2.24, 2.45) is 5.90 Å². The first-order chi connectivity index (χ1) is 9.83. The summed E-state index contributed by atoms with van der Waals surface area (Å²) in [6.07, 6.45) is 2.81. The fourth-order valence-electron chi connectivity index (χ4n) is 2.09. The number of benzene rings is 1. The number of fused-ring (bicyclic) bond motifs is 1. The lowest BCUT2D eigenvalue weighted by Crippen LogP contribution is -2.42. The maximum atomic E-state index is 11.2. The Balaban J connectivity index is 1.96. The van der Waals surface area contributed by atoms with Gasteiger partial charge in [0.15, 0.2) is 6.73 Å². The Morgan fingerprint density at radius 1 is 1.38 bits per heavy atom. The Kier molecular flexibility index (Phi) is 4.83. The van der Waals surface area contributed by atoms with E-state index in [9.17, 15) is 4.57 Å². The molecule has 8 heteroatoms. The number of rotatable bonds is 7. The molecule has 7 nitrogen and oxygen atoms in total. The van der Waals surface area contributed by atoms with Crippen molar-refractivity contribution in [1.82, 2.24) is 4.98 Å². The van der Waals surface area contributed by atoms with Gasteiger partial charge in [0, 0.05) is 23.5 Å². The lowest BCUT2D eigenvalue weighted by molar-refractivity contribution is -0.906. The summed E-state index contributed by atoms with van der Waals surface area (Å²) in [6, 6.07) is 8.09. The first kappa shape index (κ1) is 16.2. The topological polar surface area (TPSA) is 97.6 Å². The van der Waals surface area contributed by atoms with Crippen LogP contribution in [0, 0.1) is 0 Å². The number of para-hydroxylation sites is 1. The molecule has 2 rings (SSSR count). The average molecular weight is 314 g/mol. The molecule has 0 aliphatic rings. The van der Waals surface area contributed by atoms with Crippen LogP contribution in [0.15, 0.2) is 30.5 Å².